The third-order valence-corrected chi connectivity index (χ3v) is 5.54. The zero-order valence-corrected chi connectivity index (χ0v) is 13.7. The van der Waals surface area contributed by atoms with Crippen molar-refractivity contribution in [3.8, 4) is 0 Å². The molecule has 1 aromatic heterocycles. The predicted octanol–water partition coefficient (Wildman–Crippen LogP) is 5.26. The Morgan fingerprint density at radius 1 is 1.05 bits per heavy atom. The first kappa shape index (κ1) is 13.8. The number of nitrogens with one attached hydrogen (secondary N) is 1. The van der Waals surface area contributed by atoms with Gasteiger partial charge in [0.1, 0.15) is 0 Å². The van der Waals surface area contributed by atoms with Crippen LogP contribution in [0.1, 0.15) is 15.3 Å². The maximum atomic E-state index is 3.57. The topological polar surface area (TPSA) is 12.0 Å². The Labute approximate surface area is 131 Å². The fraction of sp³-hybridized carbons (Fsp3) is 0.176. The van der Waals surface area contributed by atoms with Gasteiger partial charge in [0.2, 0.25) is 0 Å². The summed E-state index contributed by atoms with van der Waals surface area (Å²) >= 11 is 5.41. The van der Waals surface area contributed by atoms with Crippen LogP contribution < -0.4 is 5.32 Å². The van der Waals surface area contributed by atoms with E-state index < -0.39 is 0 Å². The van der Waals surface area contributed by atoms with Crippen molar-refractivity contribution in [1.29, 1.82) is 0 Å². The molecule has 1 N–H and O–H groups in total. The minimum absolute atomic E-state index is 0.899. The number of rotatable bonds is 4. The Bertz CT molecular complexity index is 708. The first-order valence-corrected chi connectivity index (χ1v) is 8.27. The summed E-state index contributed by atoms with van der Waals surface area (Å²) in [5.74, 6) is 0. The molecule has 0 bridgehead atoms. The zero-order chi connectivity index (χ0) is 13.9. The lowest BCUT2D eigenvalue weighted by atomic mass is 10.0. The molecule has 0 saturated carbocycles. The van der Waals surface area contributed by atoms with E-state index in [1.54, 1.807) is 0 Å². The molecule has 0 aliphatic heterocycles. The van der Waals surface area contributed by atoms with E-state index in [0.29, 0.717) is 0 Å². The highest BCUT2D eigenvalue weighted by Crippen LogP contribution is 2.26. The van der Waals surface area contributed by atoms with Crippen LogP contribution >= 0.6 is 27.3 Å². The molecule has 0 atom stereocenters. The van der Waals surface area contributed by atoms with Gasteiger partial charge in [-0.15, -0.1) is 11.3 Å². The number of halogens is 1. The van der Waals surface area contributed by atoms with Crippen LogP contribution in [0.2, 0.25) is 0 Å². The van der Waals surface area contributed by atoms with Gasteiger partial charge in [-0.2, -0.15) is 0 Å². The number of fused-ring (bicyclic) bond motifs is 1. The van der Waals surface area contributed by atoms with E-state index in [4.69, 9.17) is 0 Å². The van der Waals surface area contributed by atoms with Crippen molar-refractivity contribution in [3.63, 3.8) is 0 Å². The monoisotopic (exact) mass is 345 g/mol. The summed E-state index contributed by atoms with van der Waals surface area (Å²) in [7, 11) is 0. The summed E-state index contributed by atoms with van der Waals surface area (Å²) in [6.45, 7) is 3.96. The fourth-order valence-electron chi connectivity index (χ4n) is 2.37. The van der Waals surface area contributed by atoms with Crippen LogP contribution in [-0.2, 0) is 13.1 Å². The number of benzene rings is 2. The van der Waals surface area contributed by atoms with Crippen molar-refractivity contribution in [2.75, 3.05) is 0 Å². The minimum Gasteiger partial charge on any atom is -0.308 e. The Kier molecular flexibility index (Phi) is 4.20. The Morgan fingerprint density at radius 3 is 2.65 bits per heavy atom. The second kappa shape index (κ2) is 6.08. The largest absolute Gasteiger partial charge is 0.308 e. The van der Waals surface area contributed by atoms with Gasteiger partial charge in [0.25, 0.3) is 0 Å². The van der Waals surface area contributed by atoms with Crippen molar-refractivity contribution in [2.24, 2.45) is 0 Å². The summed E-state index contributed by atoms with van der Waals surface area (Å²) < 4.78 is 1.21. The van der Waals surface area contributed by atoms with Gasteiger partial charge in [-0.1, -0.05) is 42.5 Å². The maximum absolute atomic E-state index is 3.57. The molecule has 0 spiro atoms. The summed E-state index contributed by atoms with van der Waals surface area (Å²) in [5, 5.41) is 6.19. The summed E-state index contributed by atoms with van der Waals surface area (Å²) in [6.07, 6.45) is 0. The highest BCUT2D eigenvalue weighted by atomic mass is 79.9. The van der Waals surface area contributed by atoms with Gasteiger partial charge < -0.3 is 5.32 Å². The molecule has 0 radical (unpaired) electrons. The van der Waals surface area contributed by atoms with Crippen LogP contribution in [0.4, 0.5) is 0 Å². The fourth-order valence-corrected chi connectivity index (χ4v) is 3.94. The lowest BCUT2D eigenvalue weighted by molar-refractivity contribution is 0.704. The van der Waals surface area contributed by atoms with E-state index in [1.807, 2.05) is 11.3 Å². The van der Waals surface area contributed by atoms with Crippen LogP contribution in [-0.4, -0.2) is 0 Å². The molecule has 3 aromatic rings. The first-order chi connectivity index (χ1) is 9.74. The molecular weight excluding hydrogens is 330 g/mol. The average molecular weight is 346 g/mol. The van der Waals surface area contributed by atoms with E-state index >= 15 is 0 Å². The van der Waals surface area contributed by atoms with E-state index in [-0.39, 0.29) is 0 Å². The van der Waals surface area contributed by atoms with Gasteiger partial charge in [-0.25, -0.2) is 0 Å². The van der Waals surface area contributed by atoms with Gasteiger partial charge in [0, 0.05) is 27.3 Å². The minimum atomic E-state index is 0.899. The SMILES string of the molecule is Cc1sc(CNCc2cccc3ccccc23)cc1Br. The highest BCUT2D eigenvalue weighted by molar-refractivity contribution is 9.10. The van der Waals surface area contributed by atoms with Crippen molar-refractivity contribution in [2.45, 2.75) is 20.0 Å². The van der Waals surface area contributed by atoms with Crippen molar-refractivity contribution in [3.05, 3.63) is 68.3 Å². The van der Waals surface area contributed by atoms with Crippen molar-refractivity contribution >= 4 is 38.0 Å². The van der Waals surface area contributed by atoms with E-state index in [9.17, 15) is 0 Å². The molecule has 3 rings (SSSR count). The lowest BCUT2D eigenvalue weighted by Gasteiger charge is -2.07. The average Bonchev–Trinajstić information content (AvgIpc) is 2.78. The smallest absolute Gasteiger partial charge is 0.0314 e. The second-order valence-electron chi connectivity index (χ2n) is 4.86. The van der Waals surface area contributed by atoms with E-state index in [2.05, 4.69) is 76.7 Å². The van der Waals surface area contributed by atoms with Crippen LogP contribution in [0.3, 0.4) is 0 Å². The molecule has 1 heterocycles. The van der Waals surface area contributed by atoms with Gasteiger partial charge in [0.15, 0.2) is 0 Å². The summed E-state index contributed by atoms with van der Waals surface area (Å²) in [6, 6.07) is 17.2. The maximum Gasteiger partial charge on any atom is 0.0314 e. The molecule has 0 aliphatic carbocycles. The van der Waals surface area contributed by atoms with Crippen molar-refractivity contribution in [1.82, 2.24) is 5.32 Å². The van der Waals surface area contributed by atoms with Gasteiger partial charge >= 0.3 is 0 Å². The second-order valence-corrected chi connectivity index (χ2v) is 7.05. The molecule has 0 fully saturated rings. The normalized spacial score (nSPS) is 11.1. The Balaban J connectivity index is 1.71. The van der Waals surface area contributed by atoms with Crippen molar-refractivity contribution < 1.29 is 0 Å². The summed E-state index contributed by atoms with van der Waals surface area (Å²) in [5.41, 5.74) is 1.36. The Morgan fingerprint density at radius 2 is 1.85 bits per heavy atom. The highest BCUT2D eigenvalue weighted by Gasteiger charge is 2.03. The molecule has 102 valence electrons. The molecule has 0 aliphatic rings. The van der Waals surface area contributed by atoms with Crippen LogP contribution in [0.5, 0.6) is 0 Å². The molecule has 0 unspecified atom stereocenters. The predicted molar refractivity (Wildman–Crippen MR) is 91.2 cm³/mol. The number of thiophene rings is 1. The molecule has 2 aromatic carbocycles. The van der Waals surface area contributed by atoms with Crippen LogP contribution in [0.25, 0.3) is 10.8 Å². The standard InChI is InChI=1S/C17H16BrNS/c1-12-17(18)9-15(20-12)11-19-10-14-7-4-6-13-5-2-3-8-16(13)14/h2-9,19H,10-11H2,1H3. The number of hydrogen-bond donors (Lipinski definition) is 1. The van der Waals surface area contributed by atoms with Gasteiger partial charge in [-0.3, -0.25) is 0 Å². The molecule has 20 heavy (non-hydrogen) atoms. The molecule has 1 nitrogen and oxygen atoms in total. The molecular formula is C17H16BrNS. The third kappa shape index (κ3) is 2.95. The van der Waals surface area contributed by atoms with E-state index in [1.165, 1.54) is 30.6 Å². The third-order valence-electron chi connectivity index (χ3n) is 3.40. The Hall–Kier alpha value is -1.16. The van der Waals surface area contributed by atoms with Gasteiger partial charge in [0.05, 0.1) is 0 Å². The van der Waals surface area contributed by atoms with Crippen LogP contribution in [0, 0.1) is 6.92 Å². The lowest BCUT2D eigenvalue weighted by Crippen LogP contribution is -2.11. The molecule has 0 saturated heterocycles. The number of aryl methyl sites for hydroxylation is 1. The van der Waals surface area contributed by atoms with Gasteiger partial charge in [-0.05, 0) is 45.3 Å². The number of hydrogen-bond acceptors (Lipinski definition) is 2. The van der Waals surface area contributed by atoms with E-state index in [0.717, 1.165) is 13.1 Å². The summed E-state index contributed by atoms with van der Waals surface area (Å²) in [4.78, 5) is 2.71. The quantitative estimate of drug-likeness (QED) is 0.679. The van der Waals surface area contributed by atoms with Crippen LogP contribution in [0.15, 0.2) is 53.0 Å². The zero-order valence-electron chi connectivity index (χ0n) is 11.3. The first-order valence-electron chi connectivity index (χ1n) is 6.66. The molecule has 0 amide bonds. The molecule has 3 heteroatoms.